The van der Waals surface area contributed by atoms with Crippen molar-refractivity contribution in [3.63, 3.8) is 0 Å². The smallest absolute Gasteiger partial charge is 0.329 e. The summed E-state index contributed by atoms with van der Waals surface area (Å²) < 4.78 is 6.19. The van der Waals surface area contributed by atoms with Crippen LogP contribution in [0.5, 0.6) is 0 Å². The summed E-state index contributed by atoms with van der Waals surface area (Å²) in [6.45, 7) is 4.86. The molecule has 3 heterocycles. The van der Waals surface area contributed by atoms with E-state index < -0.39 is 6.04 Å². The molecule has 41 heavy (non-hydrogen) atoms. The van der Waals surface area contributed by atoms with E-state index in [-0.39, 0.29) is 18.1 Å². The van der Waals surface area contributed by atoms with Crippen LogP contribution in [0, 0.1) is 0 Å². The van der Waals surface area contributed by atoms with E-state index in [0.717, 1.165) is 57.1 Å². The second-order valence-corrected chi connectivity index (χ2v) is 11.4. The topological polar surface area (TPSA) is 75.6 Å². The summed E-state index contributed by atoms with van der Waals surface area (Å²) in [6, 6.07) is 15.4. The van der Waals surface area contributed by atoms with Crippen LogP contribution in [0.15, 0.2) is 73.3 Å². The third kappa shape index (κ3) is 8.87. The number of anilines is 1. The van der Waals surface area contributed by atoms with Crippen molar-refractivity contribution in [3.8, 4) is 0 Å². The quantitative estimate of drug-likeness (QED) is 0.225. The Morgan fingerprint density at radius 3 is 2.07 bits per heavy atom. The van der Waals surface area contributed by atoms with Gasteiger partial charge >= 0.3 is 12.0 Å². The third-order valence-corrected chi connectivity index (χ3v) is 7.97. The molecule has 218 valence electrons. The first-order chi connectivity index (χ1) is 19.9. The van der Waals surface area contributed by atoms with Crippen LogP contribution in [0.25, 0.3) is 0 Å². The molecule has 0 unspecified atom stereocenters. The lowest BCUT2D eigenvalue weighted by atomic mass is 10.0. The number of urea groups is 1. The monoisotopic (exact) mass is 556 g/mol. The average molecular weight is 557 g/mol. The Bertz CT molecular complexity index is 1170. The van der Waals surface area contributed by atoms with Crippen molar-refractivity contribution in [2.75, 3.05) is 18.5 Å². The van der Waals surface area contributed by atoms with Crippen molar-refractivity contribution in [3.05, 3.63) is 90.0 Å². The minimum atomic E-state index is -0.562. The van der Waals surface area contributed by atoms with Gasteiger partial charge < -0.3 is 9.64 Å². The first-order valence-corrected chi connectivity index (χ1v) is 15.0. The van der Waals surface area contributed by atoms with E-state index in [0.29, 0.717) is 18.9 Å². The number of rotatable bonds is 12. The minimum absolute atomic E-state index is 0.159. The van der Waals surface area contributed by atoms with E-state index in [9.17, 15) is 9.59 Å². The lowest BCUT2D eigenvalue weighted by molar-refractivity contribution is -0.156. The zero-order valence-electron chi connectivity index (χ0n) is 24.7. The molecule has 1 fully saturated rings. The van der Waals surface area contributed by atoms with E-state index in [4.69, 9.17) is 4.74 Å². The van der Waals surface area contributed by atoms with Crippen LogP contribution >= 0.6 is 0 Å². The van der Waals surface area contributed by atoms with E-state index in [1.54, 1.807) is 29.2 Å². The fourth-order valence-electron chi connectivity index (χ4n) is 5.46. The molecule has 1 saturated heterocycles. The standard InChI is InChI=1S/C34H44N4O3/c1-26(2)29-17-19-30(20-18-29)37(3)34(40)38-23-5-4-16-32(38)33(39)41-31(14-6-10-27-12-8-21-35-24-27)15-7-11-28-13-9-22-36-25-28/h8-9,12-13,17-22,24-26,31-32H,4-7,10-11,14-16,23H2,1-3H3/t32-/m0/s1. The molecule has 1 aliphatic rings. The zero-order valence-corrected chi connectivity index (χ0v) is 24.7. The molecule has 0 bridgehead atoms. The molecule has 1 atom stereocenters. The van der Waals surface area contributed by atoms with Crippen LogP contribution < -0.4 is 4.90 Å². The number of nitrogens with zero attached hydrogens (tertiary/aromatic N) is 4. The Labute approximate surface area is 245 Å². The van der Waals surface area contributed by atoms with E-state index in [1.807, 2.05) is 36.7 Å². The van der Waals surface area contributed by atoms with Gasteiger partial charge in [0.05, 0.1) is 0 Å². The number of pyridine rings is 2. The van der Waals surface area contributed by atoms with Gasteiger partial charge in [0.15, 0.2) is 0 Å². The van der Waals surface area contributed by atoms with Gasteiger partial charge in [-0.3, -0.25) is 14.9 Å². The first kappa shape index (κ1) is 30.2. The predicted molar refractivity (Wildman–Crippen MR) is 163 cm³/mol. The molecule has 4 rings (SSSR count). The highest BCUT2D eigenvalue weighted by Crippen LogP contribution is 2.25. The molecular weight excluding hydrogens is 512 g/mol. The Morgan fingerprint density at radius 1 is 0.927 bits per heavy atom. The molecule has 2 amide bonds. The summed E-state index contributed by atoms with van der Waals surface area (Å²) in [6.07, 6.45) is 14.7. The predicted octanol–water partition coefficient (Wildman–Crippen LogP) is 6.97. The van der Waals surface area contributed by atoms with Crippen molar-refractivity contribution in [1.29, 1.82) is 0 Å². The number of aryl methyl sites for hydroxylation is 2. The minimum Gasteiger partial charge on any atom is -0.461 e. The second kappa shape index (κ2) is 15.3. The normalized spacial score (nSPS) is 15.2. The number of carbonyl (C=O) groups is 2. The Kier molecular flexibility index (Phi) is 11.3. The number of hydrogen-bond acceptors (Lipinski definition) is 5. The molecule has 2 aromatic heterocycles. The molecule has 0 radical (unpaired) electrons. The third-order valence-electron chi connectivity index (χ3n) is 7.97. The molecule has 0 saturated carbocycles. The number of aromatic nitrogens is 2. The molecule has 1 aromatic carbocycles. The summed E-state index contributed by atoms with van der Waals surface area (Å²) in [5, 5.41) is 0. The molecule has 3 aromatic rings. The number of ether oxygens (including phenoxy) is 1. The van der Waals surface area contributed by atoms with Crippen LogP contribution in [0.1, 0.15) is 81.4 Å². The van der Waals surface area contributed by atoms with Crippen molar-refractivity contribution < 1.29 is 14.3 Å². The van der Waals surface area contributed by atoms with Gasteiger partial charge in [-0.15, -0.1) is 0 Å². The summed E-state index contributed by atoms with van der Waals surface area (Å²) in [4.78, 5) is 39.0. The van der Waals surface area contributed by atoms with E-state index in [1.165, 1.54) is 16.7 Å². The number of likely N-dealkylation sites (tertiary alicyclic amines) is 1. The van der Waals surface area contributed by atoms with Crippen molar-refractivity contribution in [2.24, 2.45) is 0 Å². The van der Waals surface area contributed by atoms with E-state index in [2.05, 4.69) is 48.1 Å². The summed E-state index contributed by atoms with van der Waals surface area (Å²) in [5.74, 6) is 0.141. The highest BCUT2D eigenvalue weighted by atomic mass is 16.5. The molecule has 7 nitrogen and oxygen atoms in total. The van der Waals surface area contributed by atoms with Gasteiger partial charge in [-0.25, -0.2) is 9.59 Å². The van der Waals surface area contributed by atoms with Crippen LogP contribution in [0.4, 0.5) is 10.5 Å². The first-order valence-electron chi connectivity index (χ1n) is 15.0. The molecule has 0 spiro atoms. The maximum Gasteiger partial charge on any atom is 0.329 e. The Balaban J connectivity index is 1.39. The van der Waals surface area contributed by atoms with Crippen molar-refractivity contribution in [1.82, 2.24) is 14.9 Å². The zero-order chi connectivity index (χ0) is 29.0. The number of benzene rings is 1. The molecule has 1 aliphatic heterocycles. The van der Waals surface area contributed by atoms with Gasteiger partial charge in [-0.1, -0.05) is 38.1 Å². The van der Waals surface area contributed by atoms with E-state index >= 15 is 0 Å². The maximum atomic E-state index is 13.6. The SMILES string of the molecule is CC(C)c1ccc(N(C)C(=O)N2CCCC[C@H]2C(=O)OC(CCCc2cccnc2)CCCc2cccnc2)cc1. The number of carbonyl (C=O) groups excluding carboxylic acids is 2. The molecule has 0 N–H and O–H groups in total. The summed E-state index contributed by atoms with van der Waals surface area (Å²) in [7, 11) is 1.78. The maximum absolute atomic E-state index is 13.6. The van der Waals surface area contributed by atoms with Crippen LogP contribution in [0.3, 0.4) is 0 Å². The number of hydrogen-bond donors (Lipinski definition) is 0. The molecular formula is C34H44N4O3. The lowest BCUT2D eigenvalue weighted by Crippen LogP contribution is -2.53. The number of esters is 1. The average Bonchev–Trinajstić information content (AvgIpc) is 3.01. The van der Waals surface area contributed by atoms with Crippen LogP contribution in [-0.4, -0.2) is 52.6 Å². The molecule has 7 heteroatoms. The Hall–Kier alpha value is -3.74. The number of amides is 2. The Morgan fingerprint density at radius 2 is 1.54 bits per heavy atom. The fourth-order valence-corrected chi connectivity index (χ4v) is 5.46. The second-order valence-electron chi connectivity index (χ2n) is 11.4. The van der Waals surface area contributed by atoms with Gasteiger partial charge in [0.2, 0.25) is 0 Å². The summed E-state index contributed by atoms with van der Waals surface area (Å²) in [5.41, 5.74) is 4.41. The van der Waals surface area contributed by atoms with Gasteiger partial charge in [-0.05, 0) is 105 Å². The van der Waals surface area contributed by atoms with Gasteiger partial charge in [0, 0.05) is 44.1 Å². The van der Waals surface area contributed by atoms with Gasteiger partial charge in [0.25, 0.3) is 0 Å². The van der Waals surface area contributed by atoms with Crippen LogP contribution in [-0.2, 0) is 22.4 Å². The highest BCUT2D eigenvalue weighted by Gasteiger charge is 2.36. The lowest BCUT2D eigenvalue weighted by Gasteiger charge is -2.37. The van der Waals surface area contributed by atoms with Crippen LogP contribution in [0.2, 0.25) is 0 Å². The van der Waals surface area contributed by atoms with Gasteiger partial charge in [0.1, 0.15) is 12.1 Å². The van der Waals surface area contributed by atoms with Gasteiger partial charge in [-0.2, -0.15) is 0 Å². The summed E-state index contributed by atoms with van der Waals surface area (Å²) >= 11 is 0. The largest absolute Gasteiger partial charge is 0.461 e. The van der Waals surface area contributed by atoms with Crippen molar-refractivity contribution in [2.45, 2.75) is 89.7 Å². The fraction of sp³-hybridized carbons (Fsp3) is 0.471. The highest BCUT2D eigenvalue weighted by molar-refractivity contribution is 5.94. The number of piperidine rings is 1. The van der Waals surface area contributed by atoms with Crippen molar-refractivity contribution >= 4 is 17.7 Å². The molecule has 0 aliphatic carbocycles.